The van der Waals surface area contributed by atoms with Gasteiger partial charge in [-0.25, -0.2) is 0 Å². The predicted octanol–water partition coefficient (Wildman–Crippen LogP) is 0.483. The summed E-state index contributed by atoms with van der Waals surface area (Å²) in [6.07, 6.45) is 3.47. The van der Waals surface area contributed by atoms with Crippen LogP contribution in [0.25, 0.3) is 0 Å². The van der Waals surface area contributed by atoms with Gasteiger partial charge in [-0.1, -0.05) is 19.4 Å². The fourth-order valence-corrected chi connectivity index (χ4v) is 0.444. The van der Waals surface area contributed by atoms with E-state index < -0.39 is 5.97 Å². The van der Waals surface area contributed by atoms with E-state index in [1.54, 1.807) is 13.0 Å². The van der Waals surface area contributed by atoms with Gasteiger partial charge in [-0.2, -0.15) is 0 Å². The number of aliphatic carboxylic acids is 1. The van der Waals surface area contributed by atoms with E-state index in [0.717, 1.165) is 12.8 Å². The molecule has 0 heterocycles. The minimum atomic E-state index is -1.07. The Morgan fingerprint density at radius 1 is 1.67 bits per heavy atom. The molecule has 2 nitrogen and oxygen atoms in total. The molecule has 0 saturated heterocycles. The van der Waals surface area contributed by atoms with Crippen molar-refractivity contribution in [2.75, 3.05) is 0 Å². The van der Waals surface area contributed by atoms with Crippen LogP contribution in [0.4, 0.5) is 0 Å². The fraction of sp³-hybridized carbons (Fsp3) is 0.571. The molecule has 2 heteroatoms. The maximum absolute atomic E-state index is 10.0. The number of carboxylic acid groups (broad SMARTS) is 1. The third-order valence-corrected chi connectivity index (χ3v) is 1.06. The largest absolute Gasteiger partial charge is 0.545 e. The van der Waals surface area contributed by atoms with Gasteiger partial charge in [0.1, 0.15) is 0 Å². The minimum Gasteiger partial charge on any atom is -0.545 e. The number of allylic oxidation sites excluding steroid dienone is 1. The zero-order chi connectivity index (χ0) is 7.28. The van der Waals surface area contributed by atoms with E-state index in [0.29, 0.717) is 5.57 Å². The lowest BCUT2D eigenvalue weighted by molar-refractivity contribution is -0.299. The van der Waals surface area contributed by atoms with Crippen molar-refractivity contribution in [3.8, 4) is 0 Å². The van der Waals surface area contributed by atoms with Gasteiger partial charge in [0.05, 0.1) is 5.97 Å². The highest BCUT2D eigenvalue weighted by molar-refractivity contribution is 5.83. The van der Waals surface area contributed by atoms with Gasteiger partial charge in [0, 0.05) is 0 Å². The molecule has 0 spiro atoms. The smallest absolute Gasteiger partial charge is 0.0668 e. The van der Waals surface area contributed by atoms with E-state index in [4.69, 9.17) is 0 Å². The molecule has 0 aliphatic heterocycles. The molecule has 0 rings (SSSR count). The number of hydrogen-bond donors (Lipinski definition) is 0. The van der Waals surface area contributed by atoms with Gasteiger partial charge < -0.3 is 9.90 Å². The van der Waals surface area contributed by atoms with Crippen molar-refractivity contribution in [3.05, 3.63) is 11.6 Å². The Labute approximate surface area is 55.2 Å². The summed E-state index contributed by atoms with van der Waals surface area (Å²) in [6, 6.07) is 0. The van der Waals surface area contributed by atoms with Crippen LogP contribution < -0.4 is 5.11 Å². The Balaban J connectivity index is 3.69. The average Bonchev–Trinajstić information content (AvgIpc) is 1.82. The number of hydrogen-bond acceptors (Lipinski definition) is 2. The molecule has 0 aromatic carbocycles. The quantitative estimate of drug-likeness (QED) is 0.517. The highest BCUT2D eigenvalue weighted by atomic mass is 16.4. The molecule has 0 bridgehead atoms. The standard InChI is InChI=1S/C7H12O2/c1-3-4-5-6(2)7(8)9/h5H,3-4H2,1-2H3,(H,8,9)/p-1. The SMILES string of the molecule is CCCC=C(C)C(=O)[O-]. The first-order chi connectivity index (χ1) is 4.18. The summed E-state index contributed by atoms with van der Waals surface area (Å²) in [6.45, 7) is 3.55. The van der Waals surface area contributed by atoms with E-state index >= 15 is 0 Å². The molecule has 0 fully saturated rings. The lowest BCUT2D eigenvalue weighted by Gasteiger charge is -1.99. The third-order valence-electron chi connectivity index (χ3n) is 1.06. The number of carboxylic acids is 1. The molecule has 0 saturated carbocycles. The zero-order valence-electron chi connectivity index (χ0n) is 5.81. The van der Waals surface area contributed by atoms with Crippen molar-refractivity contribution in [1.29, 1.82) is 0 Å². The van der Waals surface area contributed by atoms with Gasteiger partial charge in [-0.05, 0) is 18.9 Å². The maximum Gasteiger partial charge on any atom is 0.0668 e. The van der Waals surface area contributed by atoms with Crippen molar-refractivity contribution in [1.82, 2.24) is 0 Å². The van der Waals surface area contributed by atoms with Crippen LogP contribution in [0.5, 0.6) is 0 Å². The Bertz CT molecular complexity index is 125. The average molecular weight is 127 g/mol. The lowest BCUT2D eigenvalue weighted by atomic mass is 10.2. The molecule has 0 aromatic rings. The Kier molecular flexibility index (Phi) is 3.76. The first-order valence-electron chi connectivity index (χ1n) is 3.06. The van der Waals surface area contributed by atoms with Crippen molar-refractivity contribution in [2.24, 2.45) is 0 Å². The molecular weight excluding hydrogens is 116 g/mol. The van der Waals surface area contributed by atoms with Crippen LogP contribution in [0.2, 0.25) is 0 Å². The molecule has 0 unspecified atom stereocenters. The van der Waals surface area contributed by atoms with Crippen LogP contribution in [0.1, 0.15) is 26.7 Å². The van der Waals surface area contributed by atoms with Crippen molar-refractivity contribution in [3.63, 3.8) is 0 Å². The Hall–Kier alpha value is -0.790. The number of unbranched alkanes of at least 4 members (excludes halogenated alkanes) is 1. The van der Waals surface area contributed by atoms with Crippen molar-refractivity contribution < 1.29 is 9.90 Å². The van der Waals surface area contributed by atoms with Crippen LogP contribution in [0, 0.1) is 0 Å². The molecular formula is C7H11O2-. The van der Waals surface area contributed by atoms with Gasteiger partial charge in [0.2, 0.25) is 0 Å². The summed E-state index contributed by atoms with van der Waals surface area (Å²) < 4.78 is 0. The molecule has 0 aromatic heterocycles. The van der Waals surface area contributed by atoms with E-state index in [9.17, 15) is 9.90 Å². The van der Waals surface area contributed by atoms with E-state index in [-0.39, 0.29) is 0 Å². The van der Waals surface area contributed by atoms with Crippen molar-refractivity contribution in [2.45, 2.75) is 26.7 Å². The second kappa shape index (κ2) is 4.13. The molecule has 0 N–H and O–H groups in total. The zero-order valence-corrected chi connectivity index (χ0v) is 5.81. The predicted molar refractivity (Wildman–Crippen MR) is 33.7 cm³/mol. The van der Waals surface area contributed by atoms with Gasteiger partial charge in [0.15, 0.2) is 0 Å². The molecule has 52 valence electrons. The lowest BCUT2D eigenvalue weighted by Crippen LogP contribution is -2.22. The first-order valence-corrected chi connectivity index (χ1v) is 3.06. The highest BCUT2D eigenvalue weighted by Crippen LogP contribution is 1.95. The fourth-order valence-electron chi connectivity index (χ4n) is 0.444. The summed E-state index contributed by atoms with van der Waals surface area (Å²) in [5, 5.41) is 10.0. The highest BCUT2D eigenvalue weighted by Gasteiger charge is 1.85. The molecule has 9 heavy (non-hydrogen) atoms. The summed E-state index contributed by atoms with van der Waals surface area (Å²) in [5.74, 6) is -1.07. The second-order valence-corrected chi connectivity index (χ2v) is 1.96. The van der Waals surface area contributed by atoms with Gasteiger partial charge >= 0.3 is 0 Å². The number of rotatable bonds is 3. The van der Waals surface area contributed by atoms with E-state index in [1.165, 1.54) is 0 Å². The number of carbonyl (C=O) groups is 1. The minimum absolute atomic E-state index is 0.330. The second-order valence-electron chi connectivity index (χ2n) is 1.96. The van der Waals surface area contributed by atoms with Crippen LogP contribution >= 0.6 is 0 Å². The summed E-state index contributed by atoms with van der Waals surface area (Å²) in [5.41, 5.74) is 0.330. The molecule has 0 amide bonds. The topological polar surface area (TPSA) is 40.1 Å². The van der Waals surface area contributed by atoms with E-state index in [1.807, 2.05) is 6.92 Å². The van der Waals surface area contributed by atoms with Crippen LogP contribution in [-0.4, -0.2) is 5.97 Å². The van der Waals surface area contributed by atoms with E-state index in [2.05, 4.69) is 0 Å². The third kappa shape index (κ3) is 3.76. The summed E-state index contributed by atoms with van der Waals surface area (Å²) in [4.78, 5) is 10.0. The van der Waals surface area contributed by atoms with Crippen LogP contribution in [0.15, 0.2) is 11.6 Å². The van der Waals surface area contributed by atoms with Gasteiger partial charge in [-0.3, -0.25) is 0 Å². The maximum atomic E-state index is 10.0. The van der Waals surface area contributed by atoms with Crippen molar-refractivity contribution >= 4 is 5.97 Å². The first kappa shape index (κ1) is 8.21. The monoisotopic (exact) mass is 127 g/mol. The van der Waals surface area contributed by atoms with Crippen LogP contribution in [0.3, 0.4) is 0 Å². The number of carbonyl (C=O) groups excluding carboxylic acids is 1. The normalized spacial score (nSPS) is 11.6. The Morgan fingerprint density at radius 3 is 2.56 bits per heavy atom. The van der Waals surface area contributed by atoms with Gasteiger partial charge in [-0.15, -0.1) is 0 Å². The Morgan fingerprint density at radius 2 is 2.22 bits per heavy atom. The molecule has 0 atom stereocenters. The molecule has 0 aliphatic carbocycles. The molecule has 0 radical (unpaired) electrons. The van der Waals surface area contributed by atoms with Crippen LogP contribution in [-0.2, 0) is 4.79 Å². The summed E-state index contributed by atoms with van der Waals surface area (Å²) in [7, 11) is 0. The summed E-state index contributed by atoms with van der Waals surface area (Å²) >= 11 is 0. The van der Waals surface area contributed by atoms with Gasteiger partial charge in [0.25, 0.3) is 0 Å². The molecule has 0 aliphatic rings.